The highest BCUT2D eigenvalue weighted by Gasteiger charge is 2.44. The lowest BCUT2D eigenvalue weighted by molar-refractivity contribution is 0.627. The number of benzene rings is 1. The predicted molar refractivity (Wildman–Crippen MR) is 100 cm³/mol. The van der Waals surface area contributed by atoms with E-state index in [1.807, 2.05) is 12.1 Å². The third-order valence-corrected chi connectivity index (χ3v) is 12.0. The normalized spacial score (nSPS) is 12.6. The summed E-state index contributed by atoms with van der Waals surface area (Å²) in [6, 6.07) is 9.08. The second kappa shape index (κ2) is 7.04. The number of hydrogen-bond acceptors (Lipinski definition) is 0. The van der Waals surface area contributed by atoms with Crippen LogP contribution in [0.15, 0.2) is 42.7 Å². The summed E-state index contributed by atoms with van der Waals surface area (Å²) in [7, 11) is -1.65. The summed E-state index contributed by atoms with van der Waals surface area (Å²) >= 11 is 0. The summed E-state index contributed by atoms with van der Waals surface area (Å²) in [6.07, 6.45) is 5.49. The maximum atomic E-state index is 13.1. The van der Waals surface area contributed by atoms with Crippen LogP contribution >= 0.6 is 0 Å². The lowest BCUT2D eigenvalue weighted by atomic mass is 10.1. The van der Waals surface area contributed by atoms with Crippen LogP contribution in [0.5, 0.6) is 0 Å². The van der Waals surface area contributed by atoms with Crippen molar-refractivity contribution in [1.29, 1.82) is 0 Å². The van der Waals surface area contributed by atoms with Crippen LogP contribution in [0.1, 0.15) is 52.7 Å². The van der Waals surface area contributed by atoms with E-state index < -0.39 is 8.24 Å². The molecule has 1 heterocycles. The highest BCUT2D eigenvalue weighted by Crippen LogP contribution is 2.42. The van der Waals surface area contributed by atoms with Crippen LogP contribution < -0.4 is 0 Å². The smallest absolute Gasteiger partial charge is 0.168 e. The third-order valence-electron chi connectivity index (χ3n) is 5.30. The molecule has 0 bridgehead atoms. The van der Waals surface area contributed by atoms with Crippen molar-refractivity contribution < 1.29 is 4.39 Å². The molecule has 23 heavy (non-hydrogen) atoms. The molecule has 0 amide bonds. The Hall–Kier alpha value is -1.35. The summed E-state index contributed by atoms with van der Waals surface area (Å²) < 4.78 is 15.6. The van der Waals surface area contributed by atoms with Crippen molar-refractivity contribution in [2.45, 2.75) is 64.6 Å². The molecule has 0 aliphatic rings. The van der Waals surface area contributed by atoms with Crippen molar-refractivity contribution in [2.24, 2.45) is 0 Å². The zero-order valence-corrected chi connectivity index (χ0v) is 16.3. The van der Waals surface area contributed by atoms with Gasteiger partial charge in [0, 0.05) is 0 Å². The fourth-order valence-corrected chi connectivity index (χ4v) is 11.0. The van der Waals surface area contributed by atoms with E-state index in [9.17, 15) is 4.39 Å². The van der Waals surface area contributed by atoms with Crippen molar-refractivity contribution in [3.63, 3.8) is 0 Å². The second-order valence-electron chi connectivity index (χ2n) is 7.58. The first-order valence-corrected chi connectivity index (χ1v) is 10.9. The monoisotopic (exact) mass is 331 g/mol. The number of aromatic nitrogens is 1. The summed E-state index contributed by atoms with van der Waals surface area (Å²) in [5.41, 5.74) is 4.54. The maximum Gasteiger partial charge on any atom is 0.168 e. The zero-order valence-electron chi connectivity index (χ0n) is 15.3. The fraction of sp³-hybridized carbons (Fsp3) is 0.500. The van der Waals surface area contributed by atoms with E-state index in [-0.39, 0.29) is 5.82 Å². The van der Waals surface area contributed by atoms with Gasteiger partial charge in [-0.15, -0.1) is 0 Å². The number of nitrogens with zero attached hydrogens (tertiary/aromatic N) is 1. The van der Waals surface area contributed by atoms with E-state index in [1.165, 1.54) is 5.56 Å². The molecule has 0 N–H and O–H groups in total. The van der Waals surface area contributed by atoms with Gasteiger partial charge < -0.3 is 4.23 Å². The number of rotatable bonds is 6. The molecule has 0 aliphatic heterocycles. The van der Waals surface area contributed by atoms with Gasteiger partial charge in [0.1, 0.15) is 5.82 Å². The SMILES string of the molecule is CC(C)[Si](C(C)C)(C(C)C)n1ccc(Cc2ccc(F)cc2)c1. The first kappa shape index (κ1) is 18.0. The van der Waals surface area contributed by atoms with Crippen molar-refractivity contribution in [2.75, 3.05) is 0 Å². The van der Waals surface area contributed by atoms with Gasteiger partial charge in [0.2, 0.25) is 0 Å². The lowest BCUT2D eigenvalue weighted by Gasteiger charge is -2.44. The molecule has 126 valence electrons. The largest absolute Gasteiger partial charge is 0.379 e. The minimum Gasteiger partial charge on any atom is -0.379 e. The fourth-order valence-electron chi connectivity index (χ4n) is 4.52. The molecule has 1 aromatic heterocycles. The average Bonchev–Trinajstić information content (AvgIpc) is 2.89. The molecule has 0 spiro atoms. The minimum absolute atomic E-state index is 0.169. The summed E-state index contributed by atoms with van der Waals surface area (Å²) in [5.74, 6) is -0.169. The summed E-state index contributed by atoms with van der Waals surface area (Å²) in [6.45, 7) is 14.3. The van der Waals surface area contributed by atoms with Crippen molar-refractivity contribution in [3.05, 3.63) is 59.7 Å². The van der Waals surface area contributed by atoms with Crippen LogP contribution in [0.25, 0.3) is 0 Å². The van der Waals surface area contributed by atoms with Crippen LogP contribution in [-0.4, -0.2) is 12.5 Å². The quantitative estimate of drug-likeness (QED) is 0.552. The molecule has 3 heteroatoms. The van der Waals surface area contributed by atoms with Gasteiger partial charge in [0.05, 0.1) is 0 Å². The zero-order chi connectivity index (χ0) is 17.2. The highest BCUT2D eigenvalue weighted by atomic mass is 28.3. The summed E-state index contributed by atoms with van der Waals surface area (Å²) in [5, 5.41) is 0. The first-order valence-electron chi connectivity index (χ1n) is 8.70. The predicted octanol–water partition coefficient (Wildman–Crippen LogP) is 6.24. The Morgan fingerprint density at radius 3 is 1.83 bits per heavy atom. The Labute approximate surface area is 141 Å². The van der Waals surface area contributed by atoms with Crippen LogP contribution in [0.3, 0.4) is 0 Å². The van der Waals surface area contributed by atoms with Gasteiger partial charge in [-0.1, -0.05) is 53.7 Å². The van der Waals surface area contributed by atoms with Gasteiger partial charge in [-0.2, -0.15) is 0 Å². The van der Waals surface area contributed by atoms with Crippen LogP contribution in [0, 0.1) is 5.82 Å². The van der Waals surface area contributed by atoms with E-state index in [1.54, 1.807) is 12.1 Å². The molecule has 1 nitrogen and oxygen atoms in total. The van der Waals surface area contributed by atoms with E-state index in [2.05, 4.69) is 64.2 Å². The van der Waals surface area contributed by atoms with Gasteiger partial charge in [0.25, 0.3) is 0 Å². The molecular weight excluding hydrogens is 301 g/mol. The van der Waals surface area contributed by atoms with Crippen molar-refractivity contribution in [3.8, 4) is 0 Å². The van der Waals surface area contributed by atoms with E-state index in [0.29, 0.717) is 16.6 Å². The number of hydrogen-bond donors (Lipinski definition) is 0. The molecule has 0 atom stereocenters. The number of halogens is 1. The molecule has 0 aliphatic carbocycles. The maximum absolute atomic E-state index is 13.1. The van der Waals surface area contributed by atoms with Gasteiger partial charge in [-0.25, -0.2) is 4.39 Å². The van der Waals surface area contributed by atoms with Crippen molar-refractivity contribution >= 4 is 8.24 Å². The molecule has 0 saturated heterocycles. The Kier molecular flexibility index (Phi) is 5.51. The first-order chi connectivity index (χ1) is 10.8. The van der Waals surface area contributed by atoms with Gasteiger partial charge in [-0.05, 0) is 64.8 Å². The van der Waals surface area contributed by atoms with E-state index >= 15 is 0 Å². The van der Waals surface area contributed by atoms with Gasteiger partial charge >= 0.3 is 0 Å². The van der Waals surface area contributed by atoms with Crippen LogP contribution in [-0.2, 0) is 6.42 Å². The molecule has 2 aromatic rings. The molecule has 1 aromatic carbocycles. The minimum atomic E-state index is -1.65. The third kappa shape index (κ3) is 3.45. The Balaban J connectivity index is 2.33. The van der Waals surface area contributed by atoms with Gasteiger partial charge in [0.15, 0.2) is 8.24 Å². The average molecular weight is 332 g/mol. The second-order valence-corrected chi connectivity index (χ2v) is 13.3. The van der Waals surface area contributed by atoms with E-state index in [4.69, 9.17) is 0 Å². The Bertz CT molecular complexity index is 604. The standard InChI is InChI=1S/C20H30FNSi/c1-15(2)23(16(3)4,17(5)6)22-12-11-19(14-22)13-18-7-9-20(21)10-8-18/h7-12,14-17H,13H2,1-6H3. The Morgan fingerprint density at radius 1 is 0.826 bits per heavy atom. The molecule has 0 saturated carbocycles. The van der Waals surface area contributed by atoms with Crippen molar-refractivity contribution in [1.82, 2.24) is 4.23 Å². The van der Waals surface area contributed by atoms with Gasteiger partial charge in [-0.3, -0.25) is 0 Å². The lowest BCUT2D eigenvalue weighted by Crippen LogP contribution is -2.51. The Morgan fingerprint density at radius 2 is 1.35 bits per heavy atom. The molecule has 2 rings (SSSR count). The highest BCUT2D eigenvalue weighted by molar-refractivity contribution is 6.82. The van der Waals surface area contributed by atoms with E-state index in [0.717, 1.165) is 12.0 Å². The molecule has 0 unspecified atom stereocenters. The summed E-state index contributed by atoms with van der Waals surface area (Å²) in [4.78, 5) is 0. The topological polar surface area (TPSA) is 4.93 Å². The molecule has 0 fully saturated rings. The molecular formula is C20H30FNSi. The molecule has 0 radical (unpaired) electrons. The van der Waals surface area contributed by atoms with Crippen LogP contribution in [0.2, 0.25) is 16.6 Å². The van der Waals surface area contributed by atoms with Crippen LogP contribution in [0.4, 0.5) is 4.39 Å².